The van der Waals surface area contributed by atoms with Gasteiger partial charge in [0.2, 0.25) is 0 Å². The zero-order chi connectivity index (χ0) is 9.80. The molecule has 0 saturated carbocycles. The van der Waals surface area contributed by atoms with Crippen LogP contribution in [0.4, 0.5) is 0 Å². The van der Waals surface area contributed by atoms with Crippen LogP contribution >= 0.6 is 0 Å². The van der Waals surface area contributed by atoms with Gasteiger partial charge in [-0.3, -0.25) is 10.3 Å². The lowest BCUT2D eigenvalue weighted by atomic mass is 10.2. The monoisotopic (exact) mass is 196 g/mol. The molecule has 0 bridgehead atoms. The summed E-state index contributed by atoms with van der Waals surface area (Å²) < 4.78 is 0. The summed E-state index contributed by atoms with van der Waals surface area (Å²) in [4.78, 5) is 17.4. The van der Waals surface area contributed by atoms with E-state index in [2.05, 4.69) is 20.5 Å². The van der Waals surface area contributed by atoms with Crippen molar-refractivity contribution in [3.63, 3.8) is 0 Å². The van der Waals surface area contributed by atoms with Gasteiger partial charge in [-0.15, -0.1) is 0 Å². The lowest BCUT2D eigenvalue weighted by Crippen LogP contribution is -2.55. The van der Waals surface area contributed by atoms with Gasteiger partial charge in [-0.2, -0.15) is 0 Å². The molecule has 5 heteroatoms. The van der Waals surface area contributed by atoms with Gasteiger partial charge < -0.3 is 15.0 Å². The first-order chi connectivity index (χ1) is 6.92. The molecule has 2 aliphatic rings. The Hall–Kier alpha value is -0.940. The van der Waals surface area contributed by atoms with E-state index in [0.717, 1.165) is 51.4 Å². The predicted molar refractivity (Wildman–Crippen MR) is 54.6 cm³/mol. The smallest absolute Gasteiger partial charge is 0.144 e. The van der Waals surface area contributed by atoms with Crippen LogP contribution in [-0.2, 0) is 4.79 Å². The number of hydrogen-bond donors (Lipinski definition) is 2. The van der Waals surface area contributed by atoms with E-state index in [4.69, 9.17) is 0 Å². The van der Waals surface area contributed by atoms with E-state index in [1.165, 1.54) is 0 Å². The van der Waals surface area contributed by atoms with Crippen LogP contribution in [0, 0.1) is 0 Å². The maximum Gasteiger partial charge on any atom is 0.144 e. The van der Waals surface area contributed by atoms with Crippen LogP contribution < -0.4 is 10.6 Å². The number of nitrogens with one attached hydrogen (secondary N) is 2. The van der Waals surface area contributed by atoms with Gasteiger partial charge in [0.1, 0.15) is 18.2 Å². The maximum absolute atomic E-state index is 10.8. The Morgan fingerprint density at radius 3 is 2.86 bits per heavy atom. The molecule has 78 valence electrons. The van der Waals surface area contributed by atoms with Crippen LogP contribution in [-0.4, -0.2) is 62.3 Å². The summed E-state index contributed by atoms with van der Waals surface area (Å²) >= 11 is 0. The standard InChI is InChI=1S/C9H16N4O/c14-7-8-9(12-2-1-11-8)13-5-3-10-4-6-13/h7-8,10-11H,1-6H2. The van der Waals surface area contributed by atoms with Gasteiger partial charge in [-0.05, 0) is 0 Å². The molecule has 1 saturated heterocycles. The van der Waals surface area contributed by atoms with Crippen molar-refractivity contribution in [3.8, 4) is 0 Å². The molecule has 2 rings (SSSR count). The van der Waals surface area contributed by atoms with Gasteiger partial charge in [-0.25, -0.2) is 0 Å². The van der Waals surface area contributed by atoms with Gasteiger partial charge in [-0.1, -0.05) is 0 Å². The average molecular weight is 196 g/mol. The molecule has 0 aromatic carbocycles. The molecule has 2 heterocycles. The molecule has 5 nitrogen and oxygen atoms in total. The normalized spacial score (nSPS) is 28.4. The number of piperazine rings is 1. The van der Waals surface area contributed by atoms with Crippen LogP contribution in [0.3, 0.4) is 0 Å². The highest BCUT2D eigenvalue weighted by Gasteiger charge is 2.24. The molecule has 0 aromatic heterocycles. The van der Waals surface area contributed by atoms with Crippen LogP contribution in [0.1, 0.15) is 0 Å². The van der Waals surface area contributed by atoms with E-state index >= 15 is 0 Å². The first-order valence-corrected chi connectivity index (χ1v) is 5.10. The number of hydrogen-bond acceptors (Lipinski definition) is 5. The van der Waals surface area contributed by atoms with Gasteiger partial charge in [0.05, 0.1) is 6.54 Å². The van der Waals surface area contributed by atoms with Crippen LogP contribution in [0.2, 0.25) is 0 Å². The van der Waals surface area contributed by atoms with Crippen molar-refractivity contribution in [3.05, 3.63) is 0 Å². The first kappa shape index (κ1) is 9.61. The predicted octanol–water partition coefficient (Wildman–Crippen LogP) is -1.54. The van der Waals surface area contributed by atoms with Gasteiger partial charge in [0.25, 0.3) is 0 Å². The highest BCUT2D eigenvalue weighted by molar-refractivity contribution is 6.00. The molecule has 0 radical (unpaired) electrons. The fourth-order valence-electron chi connectivity index (χ4n) is 1.88. The van der Waals surface area contributed by atoms with E-state index in [1.54, 1.807) is 0 Å². The SMILES string of the molecule is O=CC1NCCN=C1N1CCNCC1. The summed E-state index contributed by atoms with van der Waals surface area (Å²) in [6, 6.07) is -0.193. The quantitative estimate of drug-likeness (QED) is 0.499. The topological polar surface area (TPSA) is 56.7 Å². The van der Waals surface area contributed by atoms with E-state index in [0.29, 0.717) is 0 Å². The number of carbonyl (C=O) groups is 1. The van der Waals surface area contributed by atoms with E-state index < -0.39 is 0 Å². The number of aliphatic imine (C=N–C) groups is 1. The highest BCUT2D eigenvalue weighted by atomic mass is 16.1. The molecule has 2 N–H and O–H groups in total. The fourth-order valence-corrected chi connectivity index (χ4v) is 1.88. The zero-order valence-corrected chi connectivity index (χ0v) is 8.20. The molecular weight excluding hydrogens is 180 g/mol. The summed E-state index contributed by atoms with van der Waals surface area (Å²) in [5, 5.41) is 6.44. The van der Waals surface area contributed by atoms with Crippen LogP contribution in [0.5, 0.6) is 0 Å². The molecule has 1 atom stereocenters. The first-order valence-electron chi connectivity index (χ1n) is 5.10. The number of aldehydes is 1. The lowest BCUT2D eigenvalue weighted by Gasteiger charge is -2.34. The van der Waals surface area contributed by atoms with Crippen molar-refractivity contribution in [1.82, 2.24) is 15.5 Å². The Bertz CT molecular complexity index is 235. The largest absolute Gasteiger partial charge is 0.356 e. The van der Waals surface area contributed by atoms with E-state index in [1.807, 2.05) is 0 Å². The van der Waals surface area contributed by atoms with Crippen molar-refractivity contribution in [2.75, 3.05) is 39.3 Å². The summed E-state index contributed by atoms with van der Waals surface area (Å²) in [5.74, 6) is 0.924. The van der Waals surface area contributed by atoms with Gasteiger partial charge in [0, 0.05) is 32.7 Å². The molecular formula is C9H16N4O. The number of nitrogens with zero attached hydrogens (tertiary/aromatic N) is 2. The molecule has 2 aliphatic heterocycles. The minimum atomic E-state index is -0.193. The zero-order valence-electron chi connectivity index (χ0n) is 8.20. The van der Waals surface area contributed by atoms with Gasteiger partial charge >= 0.3 is 0 Å². The Balaban J connectivity index is 2.05. The maximum atomic E-state index is 10.8. The summed E-state index contributed by atoms with van der Waals surface area (Å²) in [6.07, 6.45) is 0.944. The lowest BCUT2D eigenvalue weighted by molar-refractivity contribution is -0.108. The Morgan fingerprint density at radius 1 is 1.36 bits per heavy atom. The second-order valence-electron chi connectivity index (χ2n) is 3.54. The summed E-state index contributed by atoms with van der Waals surface area (Å²) in [6.45, 7) is 5.44. The third kappa shape index (κ3) is 1.93. The van der Waals surface area contributed by atoms with E-state index in [9.17, 15) is 4.79 Å². The average Bonchev–Trinajstić information content (AvgIpc) is 2.30. The second-order valence-corrected chi connectivity index (χ2v) is 3.54. The molecule has 0 aliphatic carbocycles. The summed E-state index contributed by atoms with van der Waals surface area (Å²) in [7, 11) is 0. The van der Waals surface area contributed by atoms with Crippen LogP contribution in [0.15, 0.2) is 4.99 Å². The minimum absolute atomic E-state index is 0.193. The third-order valence-corrected chi connectivity index (χ3v) is 2.61. The third-order valence-electron chi connectivity index (χ3n) is 2.61. The molecule has 0 spiro atoms. The molecule has 1 unspecified atom stereocenters. The molecule has 14 heavy (non-hydrogen) atoms. The molecule has 1 fully saturated rings. The van der Waals surface area contributed by atoms with Crippen molar-refractivity contribution in [2.45, 2.75) is 6.04 Å². The van der Waals surface area contributed by atoms with Crippen molar-refractivity contribution in [1.29, 1.82) is 0 Å². The number of amidine groups is 1. The Kier molecular flexibility index (Phi) is 3.10. The Morgan fingerprint density at radius 2 is 2.14 bits per heavy atom. The van der Waals surface area contributed by atoms with Gasteiger partial charge in [0.15, 0.2) is 0 Å². The highest BCUT2D eigenvalue weighted by Crippen LogP contribution is 2.02. The fraction of sp³-hybridized carbons (Fsp3) is 0.778. The van der Waals surface area contributed by atoms with Crippen molar-refractivity contribution >= 4 is 12.1 Å². The molecule has 0 amide bonds. The molecule has 0 aromatic rings. The van der Waals surface area contributed by atoms with Crippen molar-refractivity contribution < 1.29 is 4.79 Å². The minimum Gasteiger partial charge on any atom is -0.356 e. The second kappa shape index (κ2) is 4.52. The Labute approximate surface area is 83.6 Å². The summed E-state index contributed by atoms with van der Waals surface area (Å²) in [5.41, 5.74) is 0. The van der Waals surface area contributed by atoms with Crippen LogP contribution in [0.25, 0.3) is 0 Å². The van der Waals surface area contributed by atoms with Crippen molar-refractivity contribution in [2.24, 2.45) is 4.99 Å². The number of carbonyl (C=O) groups excluding carboxylic acids is 1. The van der Waals surface area contributed by atoms with E-state index in [-0.39, 0.29) is 6.04 Å². The number of rotatable bonds is 1.